The van der Waals surface area contributed by atoms with E-state index in [1.54, 1.807) is 6.33 Å². The number of hydrogen-bond acceptors (Lipinski definition) is 5. The Hall–Kier alpha value is -1.47. The minimum absolute atomic E-state index is 0.107. The highest BCUT2D eigenvalue weighted by Gasteiger charge is 2.36. The number of ether oxygens (including phenoxy) is 1. The van der Waals surface area contributed by atoms with Crippen LogP contribution < -0.4 is 0 Å². The molecule has 1 aromatic rings. The molecule has 0 saturated carbocycles. The second-order valence-corrected chi connectivity index (χ2v) is 4.32. The van der Waals surface area contributed by atoms with E-state index in [4.69, 9.17) is 9.84 Å². The molecule has 1 aliphatic heterocycles. The molecule has 1 saturated heterocycles. The molecule has 0 aliphatic carbocycles. The van der Waals surface area contributed by atoms with Gasteiger partial charge in [-0.05, 0) is 7.05 Å². The normalized spacial score (nSPS) is 24.4. The van der Waals surface area contributed by atoms with Gasteiger partial charge in [0.15, 0.2) is 0 Å². The maximum absolute atomic E-state index is 11.0. The van der Waals surface area contributed by atoms with Crippen LogP contribution in [0, 0.1) is 5.92 Å². The number of aromatic nitrogens is 3. The molecule has 2 atom stereocenters. The van der Waals surface area contributed by atoms with Gasteiger partial charge in [-0.3, -0.25) is 9.69 Å². The van der Waals surface area contributed by atoms with Gasteiger partial charge in [0.25, 0.3) is 0 Å². The van der Waals surface area contributed by atoms with Crippen molar-refractivity contribution in [3.05, 3.63) is 12.2 Å². The van der Waals surface area contributed by atoms with Crippen LogP contribution in [-0.2, 0) is 23.1 Å². The van der Waals surface area contributed by atoms with Gasteiger partial charge in [-0.2, -0.15) is 0 Å². The molecule has 94 valence electrons. The summed E-state index contributed by atoms with van der Waals surface area (Å²) in [5, 5.41) is 16.8. The van der Waals surface area contributed by atoms with Crippen molar-refractivity contribution in [2.24, 2.45) is 13.0 Å². The van der Waals surface area contributed by atoms with Crippen molar-refractivity contribution in [2.75, 3.05) is 20.3 Å². The van der Waals surface area contributed by atoms with Gasteiger partial charge in [0.2, 0.25) is 0 Å². The molecule has 7 nitrogen and oxygen atoms in total. The third kappa shape index (κ3) is 2.45. The second kappa shape index (κ2) is 4.80. The molecular weight excluding hydrogens is 224 g/mol. The van der Waals surface area contributed by atoms with Crippen LogP contribution in [-0.4, -0.2) is 57.0 Å². The van der Waals surface area contributed by atoms with Gasteiger partial charge in [-0.25, -0.2) is 0 Å². The lowest BCUT2D eigenvalue weighted by molar-refractivity contribution is -0.143. The van der Waals surface area contributed by atoms with Gasteiger partial charge >= 0.3 is 5.97 Å². The lowest BCUT2D eigenvalue weighted by Gasteiger charge is -2.25. The van der Waals surface area contributed by atoms with Gasteiger partial charge in [0.1, 0.15) is 12.2 Å². The third-order valence-corrected chi connectivity index (χ3v) is 3.13. The zero-order chi connectivity index (χ0) is 12.4. The number of likely N-dealkylation sites (N-methyl/N-ethyl adjacent to an activating group) is 1. The number of carboxylic acid groups (broad SMARTS) is 1. The minimum Gasteiger partial charge on any atom is -0.481 e. The van der Waals surface area contributed by atoms with Crippen molar-refractivity contribution in [2.45, 2.75) is 12.6 Å². The summed E-state index contributed by atoms with van der Waals surface area (Å²) in [7, 11) is 3.74. The predicted octanol–water partition coefficient (Wildman–Crippen LogP) is -0.653. The summed E-state index contributed by atoms with van der Waals surface area (Å²) in [6.45, 7) is 1.29. The van der Waals surface area contributed by atoms with Crippen molar-refractivity contribution in [3.63, 3.8) is 0 Å². The molecule has 1 fully saturated rings. The average Bonchev–Trinajstić information content (AvgIpc) is 2.87. The summed E-state index contributed by atoms with van der Waals surface area (Å²) in [5.74, 6) is -0.464. The first-order chi connectivity index (χ1) is 8.09. The van der Waals surface area contributed by atoms with Crippen LogP contribution >= 0.6 is 0 Å². The summed E-state index contributed by atoms with van der Waals surface area (Å²) in [5.41, 5.74) is 0. The Balaban J connectivity index is 2.02. The first-order valence-corrected chi connectivity index (χ1v) is 5.43. The monoisotopic (exact) mass is 240 g/mol. The van der Waals surface area contributed by atoms with Crippen molar-refractivity contribution < 1.29 is 14.6 Å². The smallest absolute Gasteiger partial charge is 0.310 e. The molecule has 0 amide bonds. The van der Waals surface area contributed by atoms with E-state index in [0.29, 0.717) is 13.2 Å². The highest BCUT2D eigenvalue weighted by atomic mass is 16.5. The van der Waals surface area contributed by atoms with Gasteiger partial charge in [0, 0.05) is 13.1 Å². The molecular formula is C10H16N4O3. The van der Waals surface area contributed by atoms with E-state index in [1.807, 2.05) is 23.6 Å². The van der Waals surface area contributed by atoms with E-state index >= 15 is 0 Å². The molecule has 2 heterocycles. The van der Waals surface area contributed by atoms with Gasteiger partial charge in [-0.1, -0.05) is 0 Å². The van der Waals surface area contributed by atoms with Crippen molar-refractivity contribution in [3.8, 4) is 0 Å². The number of aryl methyl sites for hydroxylation is 1. The first kappa shape index (κ1) is 12.0. The lowest BCUT2D eigenvalue weighted by atomic mass is 10.0. The Morgan fingerprint density at radius 2 is 2.47 bits per heavy atom. The van der Waals surface area contributed by atoms with Crippen molar-refractivity contribution in [1.82, 2.24) is 19.7 Å². The molecule has 0 bridgehead atoms. The van der Waals surface area contributed by atoms with Crippen LogP contribution in [0.4, 0.5) is 0 Å². The maximum atomic E-state index is 11.0. The number of aliphatic carboxylic acids is 1. The number of hydrogen-bond donors (Lipinski definition) is 1. The molecule has 2 rings (SSSR count). The van der Waals surface area contributed by atoms with Crippen LogP contribution in [0.3, 0.4) is 0 Å². The Morgan fingerprint density at radius 3 is 3.06 bits per heavy atom. The Morgan fingerprint density at radius 1 is 1.71 bits per heavy atom. The van der Waals surface area contributed by atoms with Crippen LogP contribution in [0.15, 0.2) is 6.33 Å². The fourth-order valence-corrected chi connectivity index (χ4v) is 2.00. The summed E-state index contributed by atoms with van der Waals surface area (Å²) in [4.78, 5) is 13.0. The average molecular weight is 240 g/mol. The second-order valence-electron chi connectivity index (χ2n) is 4.32. The van der Waals surface area contributed by atoms with E-state index in [1.165, 1.54) is 0 Å². The number of carboxylic acids is 1. The zero-order valence-corrected chi connectivity index (χ0v) is 9.91. The molecule has 0 spiro atoms. The molecule has 0 aromatic carbocycles. The topological polar surface area (TPSA) is 80.5 Å². The third-order valence-electron chi connectivity index (χ3n) is 3.13. The highest BCUT2D eigenvalue weighted by molar-refractivity contribution is 5.71. The van der Waals surface area contributed by atoms with Crippen LogP contribution in [0.5, 0.6) is 0 Å². The number of nitrogens with zero attached hydrogens (tertiary/aromatic N) is 4. The largest absolute Gasteiger partial charge is 0.481 e. The number of carbonyl (C=O) groups is 1. The highest BCUT2D eigenvalue weighted by Crippen LogP contribution is 2.20. The van der Waals surface area contributed by atoms with Gasteiger partial charge in [0.05, 0.1) is 25.7 Å². The quantitative estimate of drug-likeness (QED) is 0.753. The first-order valence-electron chi connectivity index (χ1n) is 5.43. The van der Waals surface area contributed by atoms with Crippen molar-refractivity contribution in [1.29, 1.82) is 0 Å². The standard InChI is InChI=1S/C10H16N4O3/c1-13(3-9-12-11-6-14(9)2)8-5-17-4-7(8)10(15)16/h6-8H,3-5H2,1-2H3,(H,15,16). The fourth-order valence-electron chi connectivity index (χ4n) is 2.00. The van der Waals surface area contributed by atoms with Crippen LogP contribution in [0.1, 0.15) is 5.82 Å². The summed E-state index contributed by atoms with van der Waals surface area (Å²) in [6, 6.07) is -0.107. The summed E-state index contributed by atoms with van der Waals surface area (Å²) < 4.78 is 7.06. The summed E-state index contributed by atoms with van der Waals surface area (Å²) >= 11 is 0. The molecule has 2 unspecified atom stereocenters. The van der Waals surface area contributed by atoms with Crippen molar-refractivity contribution >= 4 is 5.97 Å². The van der Waals surface area contributed by atoms with E-state index < -0.39 is 11.9 Å². The van der Waals surface area contributed by atoms with Crippen LogP contribution in [0.25, 0.3) is 0 Å². The molecule has 1 N–H and O–H groups in total. The molecule has 7 heteroatoms. The van der Waals surface area contributed by atoms with Crippen LogP contribution in [0.2, 0.25) is 0 Å². The Kier molecular flexibility index (Phi) is 3.39. The Bertz CT molecular complexity index is 406. The zero-order valence-electron chi connectivity index (χ0n) is 9.91. The summed E-state index contributed by atoms with van der Waals surface area (Å²) in [6.07, 6.45) is 1.63. The Labute approximate surface area is 99.0 Å². The van der Waals surface area contributed by atoms with Gasteiger partial charge in [-0.15, -0.1) is 10.2 Å². The molecule has 1 aliphatic rings. The predicted molar refractivity (Wildman–Crippen MR) is 58.2 cm³/mol. The van der Waals surface area contributed by atoms with E-state index in [-0.39, 0.29) is 12.6 Å². The molecule has 0 radical (unpaired) electrons. The van der Waals surface area contributed by atoms with E-state index in [2.05, 4.69) is 10.2 Å². The molecule has 1 aromatic heterocycles. The molecule has 17 heavy (non-hydrogen) atoms. The SMILES string of the molecule is CN(Cc1nncn1C)C1COCC1C(=O)O. The fraction of sp³-hybridized carbons (Fsp3) is 0.700. The maximum Gasteiger partial charge on any atom is 0.310 e. The number of rotatable bonds is 4. The van der Waals surface area contributed by atoms with E-state index in [0.717, 1.165) is 5.82 Å². The lowest BCUT2D eigenvalue weighted by Crippen LogP contribution is -2.40. The van der Waals surface area contributed by atoms with E-state index in [9.17, 15) is 4.79 Å². The minimum atomic E-state index is -0.808. The van der Waals surface area contributed by atoms with Gasteiger partial charge < -0.3 is 14.4 Å².